The van der Waals surface area contributed by atoms with Crippen LogP contribution in [-0.2, 0) is 9.53 Å². The Morgan fingerprint density at radius 3 is 2.67 bits per heavy atom. The predicted molar refractivity (Wildman–Crippen MR) is 38.7 cm³/mol. The average molecular weight is 194 g/mol. The number of rotatable bonds is 2. The fourth-order valence-corrected chi connectivity index (χ4v) is 0.415. The van der Waals surface area contributed by atoms with Crippen LogP contribution >= 0.6 is 16.1 Å². The number of ether oxygens (including phenoxy) is 1. The summed E-state index contributed by atoms with van der Waals surface area (Å²) in [5, 5.41) is 0. The van der Waals surface area contributed by atoms with Gasteiger partial charge in [0.2, 0.25) is 0 Å². The summed E-state index contributed by atoms with van der Waals surface area (Å²) in [5.74, 6) is -0.380. The maximum Gasteiger partial charge on any atom is 0.352 e. The molecule has 0 heterocycles. The Morgan fingerprint density at radius 1 is 1.78 bits per heavy atom. The molecule has 0 saturated heterocycles. The molecule has 0 unspecified atom stereocenters. The van der Waals surface area contributed by atoms with Crippen LogP contribution in [0.15, 0.2) is 4.02 Å². The molecular weight excluding hydrogens is 186 g/mol. The zero-order chi connectivity index (χ0) is 7.28. The predicted octanol–water partition coefficient (Wildman–Crippen LogP) is 1.32. The number of nitrogens with zero attached hydrogens (tertiary/aromatic N) is 1. The fourth-order valence-electron chi connectivity index (χ4n) is 0.270. The second kappa shape index (κ2) is 4.49. The Hall–Kier alpha value is -0.380. The molecule has 0 amide bonds. The summed E-state index contributed by atoms with van der Waals surface area (Å²) in [6.07, 6.45) is 0. The van der Waals surface area contributed by atoms with Gasteiger partial charge in [0.25, 0.3) is 0 Å². The van der Waals surface area contributed by atoms with Gasteiger partial charge in [0.1, 0.15) is 5.71 Å². The normalized spacial score (nSPS) is 11.2. The SMILES string of the molecule is CCOC(=O)/C(C)=N/Br. The summed E-state index contributed by atoms with van der Waals surface area (Å²) < 4.78 is 8.06. The van der Waals surface area contributed by atoms with Crippen molar-refractivity contribution in [2.24, 2.45) is 4.02 Å². The summed E-state index contributed by atoms with van der Waals surface area (Å²) >= 11 is 2.77. The number of esters is 1. The third-order valence-corrected chi connectivity index (χ3v) is 1.23. The van der Waals surface area contributed by atoms with Crippen molar-refractivity contribution in [1.29, 1.82) is 0 Å². The molecule has 0 atom stereocenters. The summed E-state index contributed by atoms with van der Waals surface area (Å²) in [5.41, 5.74) is 0.330. The van der Waals surface area contributed by atoms with Gasteiger partial charge in [-0.15, -0.1) is 0 Å². The Bertz CT molecular complexity index is 133. The van der Waals surface area contributed by atoms with Crippen LogP contribution in [0.5, 0.6) is 0 Å². The highest BCUT2D eigenvalue weighted by atomic mass is 79.9. The first kappa shape index (κ1) is 8.62. The molecule has 0 rings (SSSR count). The zero-order valence-electron chi connectivity index (χ0n) is 5.35. The summed E-state index contributed by atoms with van der Waals surface area (Å²) in [7, 11) is 0. The van der Waals surface area contributed by atoms with E-state index in [-0.39, 0.29) is 5.97 Å². The molecule has 0 aromatic heterocycles. The van der Waals surface area contributed by atoms with Crippen LogP contribution in [0.4, 0.5) is 0 Å². The molecular formula is C5H8BrNO2. The summed E-state index contributed by atoms with van der Waals surface area (Å²) in [6, 6.07) is 0. The van der Waals surface area contributed by atoms with E-state index in [1.165, 1.54) is 0 Å². The highest BCUT2D eigenvalue weighted by Gasteiger charge is 2.03. The van der Waals surface area contributed by atoms with Gasteiger partial charge in [-0.25, -0.2) is 8.81 Å². The number of carbonyl (C=O) groups excluding carboxylic acids is 1. The molecule has 0 radical (unpaired) electrons. The smallest absolute Gasteiger partial charge is 0.352 e. The molecule has 0 bridgehead atoms. The molecule has 0 fully saturated rings. The molecule has 0 aromatic carbocycles. The Kier molecular flexibility index (Phi) is 4.30. The summed E-state index contributed by atoms with van der Waals surface area (Å²) in [6.45, 7) is 3.71. The van der Waals surface area contributed by atoms with Crippen molar-refractivity contribution in [2.75, 3.05) is 6.61 Å². The number of carbonyl (C=O) groups is 1. The molecule has 0 aliphatic rings. The molecule has 0 aliphatic carbocycles. The molecule has 0 aliphatic heterocycles. The monoisotopic (exact) mass is 193 g/mol. The third kappa shape index (κ3) is 3.24. The lowest BCUT2D eigenvalue weighted by Gasteiger charge is -1.96. The van der Waals surface area contributed by atoms with Crippen molar-refractivity contribution in [1.82, 2.24) is 0 Å². The van der Waals surface area contributed by atoms with E-state index in [0.717, 1.165) is 0 Å². The van der Waals surface area contributed by atoms with Crippen molar-refractivity contribution in [3.63, 3.8) is 0 Å². The maximum absolute atomic E-state index is 10.6. The minimum absolute atomic E-state index is 0.330. The first-order chi connectivity index (χ1) is 4.22. The van der Waals surface area contributed by atoms with Gasteiger partial charge in [-0.05, 0) is 13.8 Å². The van der Waals surface area contributed by atoms with Gasteiger partial charge >= 0.3 is 5.97 Å². The van der Waals surface area contributed by atoms with Gasteiger partial charge in [0, 0.05) is 0 Å². The van der Waals surface area contributed by atoms with E-state index in [1.54, 1.807) is 13.8 Å². The molecule has 0 saturated carbocycles. The molecule has 3 nitrogen and oxygen atoms in total. The second-order valence-electron chi connectivity index (χ2n) is 1.39. The van der Waals surface area contributed by atoms with Gasteiger partial charge in [-0.3, -0.25) is 0 Å². The Balaban J connectivity index is 3.74. The molecule has 0 N–H and O–H groups in total. The van der Waals surface area contributed by atoms with Crippen molar-refractivity contribution in [3.8, 4) is 0 Å². The van der Waals surface area contributed by atoms with Crippen molar-refractivity contribution in [2.45, 2.75) is 13.8 Å². The van der Waals surface area contributed by atoms with Crippen LogP contribution in [0.25, 0.3) is 0 Å². The molecule has 9 heavy (non-hydrogen) atoms. The lowest BCUT2D eigenvalue weighted by Crippen LogP contribution is -2.12. The highest BCUT2D eigenvalue weighted by Crippen LogP contribution is 1.88. The Morgan fingerprint density at radius 2 is 2.33 bits per heavy atom. The quantitative estimate of drug-likeness (QED) is 0.491. The first-order valence-corrected chi connectivity index (χ1v) is 3.26. The van der Waals surface area contributed by atoms with Crippen LogP contribution in [0.2, 0.25) is 0 Å². The van der Waals surface area contributed by atoms with Crippen molar-refractivity contribution >= 4 is 27.8 Å². The first-order valence-electron chi connectivity index (χ1n) is 2.55. The minimum Gasteiger partial charge on any atom is -0.461 e. The van der Waals surface area contributed by atoms with Gasteiger partial charge in [0.15, 0.2) is 0 Å². The van der Waals surface area contributed by atoms with Crippen LogP contribution in [0.1, 0.15) is 13.8 Å². The van der Waals surface area contributed by atoms with Crippen molar-refractivity contribution < 1.29 is 9.53 Å². The second-order valence-corrected chi connectivity index (χ2v) is 1.75. The van der Waals surface area contributed by atoms with E-state index >= 15 is 0 Å². The van der Waals surface area contributed by atoms with E-state index < -0.39 is 0 Å². The number of hydrogen-bond donors (Lipinski definition) is 0. The number of halogens is 1. The van der Waals surface area contributed by atoms with Gasteiger partial charge < -0.3 is 4.74 Å². The molecule has 4 heteroatoms. The molecule has 0 spiro atoms. The van der Waals surface area contributed by atoms with Gasteiger partial charge in [0.05, 0.1) is 22.8 Å². The third-order valence-electron chi connectivity index (χ3n) is 0.698. The lowest BCUT2D eigenvalue weighted by molar-refractivity contribution is -0.135. The number of hydrogen-bond acceptors (Lipinski definition) is 3. The highest BCUT2D eigenvalue weighted by molar-refractivity contribution is 9.08. The molecule has 52 valence electrons. The molecule has 0 aromatic rings. The van der Waals surface area contributed by atoms with Crippen molar-refractivity contribution in [3.05, 3.63) is 0 Å². The maximum atomic E-state index is 10.6. The lowest BCUT2D eigenvalue weighted by atomic mass is 10.4. The van der Waals surface area contributed by atoms with E-state index in [0.29, 0.717) is 12.3 Å². The van der Waals surface area contributed by atoms with Crippen LogP contribution in [0.3, 0.4) is 0 Å². The van der Waals surface area contributed by atoms with Gasteiger partial charge in [-0.2, -0.15) is 0 Å². The minimum atomic E-state index is -0.380. The zero-order valence-corrected chi connectivity index (χ0v) is 6.93. The van der Waals surface area contributed by atoms with Crippen LogP contribution < -0.4 is 0 Å². The Labute approximate surface area is 62.4 Å². The van der Waals surface area contributed by atoms with E-state index in [4.69, 9.17) is 0 Å². The van der Waals surface area contributed by atoms with Crippen LogP contribution in [-0.4, -0.2) is 18.3 Å². The summed E-state index contributed by atoms with van der Waals surface area (Å²) in [4.78, 5) is 10.6. The topological polar surface area (TPSA) is 38.7 Å². The van der Waals surface area contributed by atoms with E-state index in [9.17, 15) is 4.79 Å². The van der Waals surface area contributed by atoms with Crippen LogP contribution in [0, 0.1) is 0 Å². The largest absolute Gasteiger partial charge is 0.461 e. The van der Waals surface area contributed by atoms with E-state index in [2.05, 4.69) is 24.9 Å². The standard InChI is InChI=1S/C5H8BrNO2/c1-3-9-5(8)4(2)7-6/h3H2,1-2H3/b7-4+. The average Bonchev–Trinajstić information content (AvgIpc) is 1.87. The van der Waals surface area contributed by atoms with Gasteiger partial charge in [-0.1, -0.05) is 0 Å². The van der Waals surface area contributed by atoms with E-state index in [1.807, 2.05) is 0 Å². The fraction of sp³-hybridized carbons (Fsp3) is 0.600.